The number of hydrogen-bond donors (Lipinski definition) is 1. The molecule has 1 aromatic carbocycles. The van der Waals surface area contributed by atoms with Crippen LogP contribution in [0.4, 0.5) is 4.39 Å². The molecular weight excluding hydrogens is 215 g/mol. The van der Waals surface area contributed by atoms with Gasteiger partial charge in [0, 0.05) is 0 Å². The second-order valence-electron chi connectivity index (χ2n) is 5.45. The first-order chi connectivity index (χ1) is 8.01. The molecule has 0 spiro atoms. The quantitative estimate of drug-likeness (QED) is 0.825. The second-order valence-corrected chi connectivity index (χ2v) is 5.45. The van der Waals surface area contributed by atoms with Crippen molar-refractivity contribution in [3.63, 3.8) is 0 Å². The number of aliphatic hydroxyl groups is 1. The van der Waals surface area contributed by atoms with Crippen molar-refractivity contribution < 1.29 is 9.50 Å². The van der Waals surface area contributed by atoms with E-state index in [1.54, 1.807) is 19.1 Å². The van der Waals surface area contributed by atoms with Crippen molar-refractivity contribution in [2.75, 3.05) is 0 Å². The van der Waals surface area contributed by atoms with E-state index in [-0.39, 0.29) is 5.82 Å². The molecule has 1 aromatic rings. The monoisotopic (exact) mass is 236 g/mol. The standard InChI is InChI=1S/C15H21FO/c1-11-10-13(8-9-14(11)16)15(2,17)12-6-4-3-5-7-12/h8-10,12,17H,3-7H2,1-2H3. The fourth-order valence-corrected chi connectivity index (χ4v) is 2.86. The molecule has 0 bridgehead atoms. The predicted octanol–water partition coefficient (Wildman–Crippen LogP) is 3.92. The molecule has 1 aliphatic rings. The Balaban J connectivity index is 2.26. The lowest BCUT2D eigenvalue weighted by Gasteiger charge is -2.36. The van der Waals surface area contributed by atoms with Gasteiger partial charge >= 0.3 is 0 Å². The topological polar surface area (TPSA) is 20.2 Å². The first kappa shape index (κ1) is 12.6. The van der Waals surface area contributed by atoms with Gasteiger partial charge in [-0.25, -0.2) is 4.39 Å². The zero-order valence-electron chi connectivity index (χ0n) is 10.7. The Hall–Kier alpha value is -0.890. The van der Waals surface area contributed by atoms with Crippen LogP contribution in [0.5, 0.6) is 0 Å². The average Bonchev–Trinajstić information content (AvgIpc) is 2.33. The SMILES string of the molecule is Cc1cc(C(C)(O)C2CCCCC2)ccc1F. The summed E-state index contributed by atoms with van der Waals surface area (Å²) >= 11 is 0. The highest BCUT2D eigenvalue weighted by Crippen LogP contribution is 2.39. The molecule has 1 atom stereocenters. The maximum atomic E-state index is 13.2. The highest BCUT2D eigenvalue weighted by molar-refractivity contribution is 5.28. The average molecular weight is 236 g/mol. The third-order valence-corrected chi connectivity index (χ3v) is 4.14. The number of halogens is 1. The molecule has 0 saturated heterocycles. The van der Waals surface area contributed by atoms with E-state index in [1.165, 1.54) is 25.3 Å². The van der Waals surface area contributed by atoms with Gasteiger partial charge < -0.3 is 5.11 Å². The van der Waals surface area contributed by atoms with Gasteiger partial charge in [0.25, 0.3) is 0 Å². The molecule has 0 heterocycles. The molecule has 1 fully saturated rings. The molecule has 1 nitrogen and oxygen atoms in total. The van der Waals surface area contributed by atoms with E-state index in [0.29, 0.717) is 11.5 Å². The van der Waals surface area contributed by atoms with Crippen molar-refractivity contribution in [2.24, 2.45) is 5.92 Å². The first-order valence-corrected chi connectivity index (χ1v) is 6.51. The van der Waals surface area contributed by atoms with Gasteiger partial charge in [0.15, 0.2) is 0 Å². The molecule has 0 aliphatic heterocycles. The lowest BCUT2D eigenvalue weighted by Crippen LogP contribution is -2.33. The molecule has 0 aromatic heterocycles. The number of benzene rings is 1. The minimum Gasteiger partial charge on any atom is -0.385 e. The molecule has 0 amide bonds. The Bertz CT molecular complexity index is 392. The summed E-state index contributed by atoms with van der Waals surface area (Å²) in [5, 5.41) is 10.7. The van der Waals surface area contributed by atoms with Crippen LogP contribution < -0.4 is 0 Å². The molecule has 2 heteroatoms. The molecule has 1 saturated carbocycles. The molecule has 0 radical (unpaired) electrons. The minimum atomic E-state index is -0.821. The van der Waals surface area contributed by atoms with Gasteiger partial charge in [0.1, 0.15) is 5.82 Å². The summed E-state index contributed by atoms with van der Waals surface area (Å²) in [6.45, 7) is 3.62. The van der Waals surface area contributed by atoms with E-state index in [2.05, 4.69) is 0 Å². The first-order valence-electron chi connectivity index (χ1n) is 6.51. The van der Waals surface area contributed by atoms with Crippen molar-refractivity contribution in [2.45, 2.75) is 51.6 Å². The van der Waals surface area contributed by atoms with Crippen molar-refractivity contribution >= 4 is 0 Å². The Morgan fingerprint density at radius 3 is 2.47 bits per heavy atom. The number of rotatable bonds is 2. The van der Waals surface area contributed by atoms with Gasteiger partial charge in [-0.15, -0.1) is 0 Å². The fraction of sp³-hybridized carbons (Fsp3) is 0.600. The highest BCUT2D eigenvalue weighted by Gasteiger charge is 2.34. The van der Waals surface area contributed by atoms with Crippen LogP contribution >= 0.6 is 0 Å². The van der Waals surface area contributed by atoms with Crippen LogP contribution in [0.2, 0.25) is 0 Å². The van der Waals surface area contributed by atoms with Crippen molar-refractivity contribution in [1.82, 2.24) is 0 Å². The minimum absolute atomic E-state index is 0.201. The summed E-state index contributed by atoms with van der Waals surface area (Å²) in [6, 6.07) is 4.96. The lowest BCUT2D eigenvalue weighted by atomic mass is 9.74. The summed E-state index contributed by atoms with van der Waals surface area (Å²) in [5.41, 5.74) is 0.640. The van der Waals surface area contributed by atoms with Crippen LogP contribution in [0.15, 0.2) is 18.2 Å². The molecule has 1 unspecified atom stereocenters. The van der Waals surface area contributed by atoms with Crippen LogP contribution in [0, 0.1) is 18.7 Å². The maximum Gasteiger partial charge on any atom is 0.126 e. The Labute approximate surface area is 103 Å². The third-order valence-electron chi connectivity index (χ3n) is 4.14. The lowest BCUT2D eigenvalue weighted by molar-refractivity contribution is -0.0216. The van der Waals surface area contributed by atoms with E-state index in [4.69, 9.17) is 0 Å². The molecule has 94 valence electrons. The smallest absolute Gasteiger partial charge is 0.126 e. The largest absolute Gasteiger partial charge is 0.385 e. The van der Waals surface area contributed by atoms with Gasteiger partial charge in [0.05, 0.1) is 5.60 Å². The van der Waals surface area contributed by atoms with Gasteiger partial charge in [0.2, 0.25) is 0 Å². The van der Waals surface area contributed by atoms with Gasteiger partial charge in [-0.1, -0.05) is 31.4 Å². The number of aryl methyl sites for hydroxylation is 1. The van der Waals surface area contributed by atoms with Crippen LogP contribution in [0.1, 0.15) is 50.2 Å². The van der Waals surface area contributed by atoms with Crippen LogP contribution in [0.25, 0.3) is 0 Å². The molecular formula is C15H21FO. The van der Waals surface area contributed by atoms with Gasteiger partial charge in [-0.2, -0.15) is 0 Å². The van der Waals surface area contributed by atoms with Crippen LogP contribution in [0.3, 0.4) is 0 Å². The van der Waals surface area contributed by atoms with E-state index in [1.807, 2.05) is 6.92 Å². The molecule has 2 rings (SSSR count). The van der Waals surface area contributed by atoms with E-state index >= 15 is 0 Å². The predicted molar refractivity (Wildman–Crippen MR) is 67.3 cm³/mol. The van der Waals surface area contributed by atoms with E-state index in [9.17, 15) is 9.50 Å². The fourth-order valence-electron chi connectivity index (χ4n) is 2.86. The molecule has 1 N–H and O–H groups in total. The maximum absolute atomic E-state index is 13.2. The van der Waals surface area contributed by atoms with E-state index in [0.717, 1.165) is 18.4 Å². The third kappa shape index (κ3) is 2.52. The van der Waals surface area contributed by atoms with Crippen LogP contribution in [-0.2, 0) is 5.60 Å². The zero-order chi connectivity index (χ0) is 12.5. The van der Waals surface area contributed by atoms with Crippen molar-refractivity contribution in [3.05, 3.63) is 35.1 Å². The summed E-state index contributed by atoms with van der Waals surface area (Å²) in [5.74, 6) is 0.106. The second kappa shape index (κ2) is 4.77. The molecule has 1 aliphatic carbocycles. The normalized spacial score (nSPS) is 21.2. The number of hydrogen-bond acceptors (Lipinski definition) is 1. The summed E-state index contributed by atoms with van der Waals surface area (Å²) in [6.07, 6.45) is 5.81. The van der Waals surface area contributed by atoms with Crippen molar-refractivity contribution in [1.29, 1.82) is 0 Å². The molecule has 17 heavy (non-hydrogen) atoms. The summed E-state index contributed by atoms with van der Waals surface area (Å²) in [4.78, 5) is 0. The van der Waals surface area contributed by atoms with Gasteiger partial charge in [-0.3, -0.25) is 0 Å². The van der Waals surface area contributed by atoms with E-state index < -0.39 is 5.60 Å². The Morgan fingerprint density at radius 2 is 1.88 bits per heavy atom. The summed E-state index contributed by atoms with van der Waals surface area (Å²) < 4.78 is 13.2. The highest BCUT2D eigenvalue weighted by atomic mass is 19.1. The summed E-state index contributed by atoms with van der Waals surface area (Å²) in [7, 11) is 0. The van der Waals surface area contributed by atoms with Crippen molar-refractivity contribution in [3.8, 4) is 0 Å². The van der Waals surface area contributed by atoms with Crippen LogP contribution in [-0.4, -0.2) is 5.11 Å². The Morgan fingerprint density at radius 1 is 1.24 bits per heavy atom. The zero-order valence-corrected chi connectivity index (χ0v) is 10.7. The van der Waals surface area contributed by atoms with Gasteiger partial charge in [-0.05, 0) is 49.8 Å². The Kier molecular flexibility index (Phi) is 3.53.